The number of hydrogen-bond donors (Lipinski definition) is 0. The molecule has 0 saturated heterocycles. The van der Waals surface area contributed by atoms with E-state index in [2.05, 4.69) is 0 Å². The summed E-state index contributed by atoms with van der Waals surface area (Å²) in [4.78, 5) is 0.355. The van der Waals surface area contributed by atoms with Crippen molar-refractivity contribution >= 4 is 9.84 Å². The number of halogens is 1. The lowest BCUT2D eigenvalue weighted by Crippen LogP contribution is -2.07. The largest absolute Gasteiger partial charge is 0.224 e. The molecule has 3 rings (SSSR count). The zero-order valence-electron chi connectivity index (χ0n) is 13.4. The summed E-state index contributed by atoms with van der Waals surface area (Å²) in [5.41, 5.74) is 3.37. The third kappa shape index (κ3) is 3.32. The van der Waals surface area contributed by atoms with Crippen LogP contribution in [0.4, 0.5) is 4.39 Å². The van der Waals surface area contributed by atoms with Crippen LogP contribution < -0.4 is 0 Å². The average Bonchev–Trinajstić information content (AvgIpc) is 2.95. The van der Waals surface area contributed by atoms with Crippen molar-refractivity contribution in [3.8, 4) is 0 Å². The quantitative estimate of drug-likeness (QED) is 0.824. The van der Waals surface area contributed by atoms with Gasteiger partial charge in [-0.1, -0.05) is 24.6 Å². The Balaban J connectivity index is 1.92. The van der Waals surface area contributed by atoms with Gasteiger partial charge in [-0.15, -0.1) is 0 Å². The molecule has 1 saturated carbocycles. The maximum Gasteiger partial charge on any atom is 0.175 e. The van der Waals surface area contributed by atoms with Gasteiger partial charge in [-0.2, -0.15) is 0 Å². The second kappa shape index (κ2) is 6.08. The molecule has 2 nitrogen and oxygen atoms in total. The van der Waals surface area contributed by atoms with Crippen molar-refractivity contribution in [2.45, 2.75) is 42.9 Å². The lowest BCUT2D eigenvalue weighted by Gasteiger charge is -2.22. The predicted molar refractivity (Wildman–Crippen MR) is 90.0 cm³/mol. The first kappa shape index (κ1) is 16.2. The summed E-state index contributed by atoms with van der Waals surface area (Å²) in [6.45, 7) is 1.96. The lowest BCUT2D eigenvalue weighted by molar-refractivity contribution is 0.600. The molecule has 4 heteroatoms. The molecule has 0 heterocycles. The minimum atomic E-state index is -3.16. The van der Waals surface area contributed by atoms with E-state index in [1.165, 1.54) is 23.4 Å². The molecule has 0 aliphatic heterocycles. The number of sulfone groups is 1. The minimum absolute atomic E-state index is 0.196. The van der Waals surface area contributed by atoms with Gasteiger partial charge in [0.15, 0.2) is 9.84 Å². The van der Waals surface area contributed by atoms with Crippen molar-refractivity contribution in [3.63, 3.8) is 0 Å². The highest BCUT2D eigenvalue weighted by Gasteiger charge is 2.30. The summed E-state index contributed by atoms with van der Waals surface area (Å²) < 4.78 is 36.5. The van der Waals surface area contributed by atoms with Gasteiger partial charge < -0.3 is 0 Å². The molecule has 0 aromatic heterocycles. The average molecular weight is 332 g/mol. The van der Waals surface area contributed by atoms with Crippen molar-refractivity contribution < 1.29 is 12.8 Å². The van der Waals surface area contributed by atoms with Gasteiger partial charge in [-0.05, 0) is 72.6 Å². The predicted octanol–water partition coefficient (Wildman–Crippen LogP) is 4.59. The van der Waals surface area contributed by atoms with Crippen LogP contribution in [-0.4, -0.2) is 14.7 Å². The summed E-state index contributed by atoms with van der Waals surface area (Å²) >= 11 is 0. The van der Waals surface area contributed by atoms with Crippen LogP contribution in [0.2, 0.25) is 0 Å². The van der Waals surface area contributed by atoms with Crippen molar-refractivity contribution in [1.29, 1.82) is 0 Å². The van der Waals surface area contributed by atoms with Gasteiger partial charge >= 0.3 is 0 Å². The van der Waals surface area contributed by atoms with E-state index in [9.17, 15) is 12.8 Å². The van der Waals surface area contributed by atoms with Crippen molar-refractivity contribution in [2.24, 2.45) is 0 Å². The summed E-state index contributed by atoms with van der Waals surface area (Å²) in [6, 6.07) is 12.3. The maximum absolute atomic E-state index is 13.4. The Morgan fingerprint density at radius 2 is 1.65 bits per heavy atom. The zero-order valence-corrected chi connectivity index (χ0v) is 14.2. The van der Waals surface area contributed by atoms with Crippen LogP contribution in [0.15, 0.2) is 47.4 Å². The summed E-state index contributed by atoms with van der Waals surface area (Å²) in [5, 5.41) is 0. The second-order valence-electron chi connectivity index (χ2n) is 6.49. The number of hydrogen-bond acceptors (Lipinski definition) is 2. The summed E-state index contributed by atoms with van der Waals surface area (Å²) in [6.07, 6.45) is 4.53. The molecule has 1 fully saturated rings. The highest BCUT2D eigenvalue weighted by molar-refractivity contribution is 7.90. The first-order valence-electron chi connectivity index (χ1n) is 7.92. The van der Waals surface area contributed by atoms with Crippen LogP contribution in [0.3, 0.4) is 0 Å². The van der Waals surface area contributed by atoms with E-state index in [1.54, 1.807) is 18.2 Å². The fourth-order valence-electron chi connectivity index (χ4n) is 3.75. The van der Waals surface area contributed by atoms with E-state index in [4.69, 9.17) is 0 Å². The number of aryl methyl sites for hydroxylation is 1. The molecule has 122 valence electrons. The number of benzene rings is 2. The van der Waals surface area contributed by atoms with Crippen LogP contribution in [-0.2, 0) is 9.84 Å². The first-order chi connectivity index (χ1) is 10.9. The van der Waals surface area contributed by atoms with E-state index in [0.29, 0.717) is 16.7 Å². The first-order valence-corrected chi connectivity index (χ1v) is 9.81. The molecule has 0 radical (unpaired) electrons. The van der Waals surface area contributed by atoms with Crippen LogP contribution in [0.5, 0.6) is 0 Å². The highest BCUT2D eigenvalue weighted by Crippen LogP contribution is 2.46. The topological polar surface area (TPSA) is 34.1 Å². The van der Waals surface area contributed by atoms with Crippen LogP contribution in [0, 0.1) is 12.7 Å². The molecule has 0 N–H and O–H groups in total. The molecule has 23 heavy (non-hydrogen) atoms. The third-order valence-electron chi connectivity index (χ3n) is 4.88. The SMILES string of the molecule is Cc1cc(F)ccc1C1CCCC1c1ccc(S(C)(=O)=O)cc1. The van der Waals surface area contributed by atoms with Crippen LogP contribution >= 0.6 is 0 Å². The Morgan fingerprint density at radius 3 is 2.26 bits per heavy atom. The Kier molecular flexibility index (Phi) is 4.28. The summed E-state index contributed by atoms with van der Waals surface area (Å²) in [7, 11) is -3.16. The molecule has 2 atom stereocenters. The molecule has 1 aliphatic rings. The van der Waals surface area contributed by atoms with E-state index >= 15 is 0 Å². The Labute approximate surface area is 137 Å². The monoisotopic (exact) mass is 332 g/mol. The standard InChI is InChI=1S/C19H21FO2S/c1-13-12-15(20)8-11-17(13)19-5-3-4-18(19)14-6-9-16(10-7-14)23(2,21)22/h6-12,18-19H,3-5H2,1-2H3. The Bertz CT molecular complexity index is 810. The molecular formula is C19H21FO2S. The molecule has 2 unspecified atom stereocenters. The second-order valence-corrected chi connectivity index (χ2v) is 8.50. The van der Waals surface area contributed by atoms with Gasteiger partial charge in [0.1, 0.15) is 5.82 Å². The van der Waals surface area contributed by atoms with E-state index in [-0.39, 0.29) is 5.82 Å². The molecule has 2 aromatic carbocycles. The molecule has 2 aromatic rings. The van der Waals surface area contributed by atoms with E-state index in [1.807, 2.05) is 25.1 Å². The van der Waals surface area contributed by atoms with Crippen molar-refractivity contribution in [2.75, 3.05) is 6.26 Å². The van der Waals surface area contributed by atoms with E-state index < -0.39 is 9.84 Å². The Hall–Kier alpha value is -1.68. The van der Waals surface area contributed by atoms with Crippen LogP contribution in [0.25, 0.3) is 0 Å². The normalized spacial score (nSPS) is 21.5. The minimum Gasteiger partial charge on any atom is -0.224 e. The van der Waals surface area contributed by atoms with Gasteiger partial charge in [-0.3, -0.25) is 0 Å². The number of rotatable bonds is 3. The molecular weight excluding hydrogens is 311 g/mol. The summed E-state index contributed by atoms with van der Waals surface area (Å²) in [5.74, 6) is 0.547. The van der Waals surface area contributed by atoms with Gasteiger partial charge in [0.25, 0.3) is 0 Å². The maximum atomic E-state index is 13.4. The van der Waals surface area contributed by atoms with Crippen molar-refractivity contribution in [3.05, 3.63) is 65.0 Å². The lowest BCUT2D eigenvalue weighted by atomic mass is 9.82. The van der Waals surface area contributed by atoms with Gasteiger partial charge in [0, 0.05) is 6.26 Å². The zero-order chi connectivity index (χ0) is 16.6. The Morgan fingerprint density at radius 1 is 1.00 bits per heavy atom. The molecule has 0 amide bonds. The fraction of sp³-hybridized carbons (Fsp3) is 0.368. The van der Waals surface area contributed by atoms with Crippen LogP contribution in [0.1, 0.15) is 47.8 Å². The fourth-order valence-corrected chi connectivity index (χ4v) is 4.38. The van der Waals surface area contributed by atoms with Crippen molar-refractivity contribution in [1.82, 2.24) is 0 Å². The smallest absolute Gasteiger partial charge is 0.175 e. The highest BCUT2D eigenvalue weighted by atomic mass is 32.2. The van der Waals surface area contributed by atoms with E-state index in [0.717, 1.165) is 24.8 Å². The van der Waals surface area contributed by atoms with Gasteiger partial charge in [0.05, 0.1) is 4.90 Å². The van der Waals surface area contributed by atoms with Gasteiger partial charge in [-0.25, -0.2) is 12.8 Å². The third-order valence-corrected chi connectivity index (χ3v) is 6.01. The molecule has 1 aliphatic carbocycles. The molecule has 0 bridgehead atoms. The molecule has 0 spiro atoms. The van der Waals surface area contributed by atoms with Gasteiger partial charge in [0.2, 0.25) is 0 Å².